The average Bonchev–Trinajstić information content (AvgIpc) is 3.18. The van der Waals surface area contributed by atoms with Crippen LogP contribution in [-0.2, 0) is 6.18 Å². The van der Waals surface area contributed by atoms with Crippen molar-refractivity contribution in [2.75, 3.05) is 18.4 Å². The molecule has 1 fully saturated rings. The Labute approximate surface area is 205 Å². The number of hydrogen-bond donors (Lipinski definition) is 1. The van der Waals surface area contributed by atoms with Crippen LogP contribution in [0.25, 0.3) is 10.6 Å². The number of nitrogens with one attached hydrogen (secondary N) is 1. The van der Waals surface area contributed by atoms with Crippen LogP contribution in [0.4, 0.5) is 32.3 Å². The maximum absolute atomic E-state index is 14.5. The van der Waals surface area contributed by atoms with Gasteiger partial charge in [-0.3, -0.25) is 9.78 Å². The number of likely N-dealkylation sites (tertiary alicyclic amines) is 1. The van der Waals surface area contributed by atoms with E-state index in [4.69, 9.17) is 0 Å². The number of aromatic nitrogens is 4. The fourth-order valence-electron chi connectivity index (χ4n) is 4.05. The van der Waals surface area contributed by atoms with Gasteiger partial charge in [0.2, 0.25) is 5.95 Å². The first-order chi connectivity index (χ1) is 16.8. The van der Waals surface area contributed by atoms with Gasteiger partial charge in [-0.1, -0.05) is 6.92 Å². The SMILES string of the molecule is Cc1nc(C(=O)N2CC(F)(F)C[C@@H](C)[C@H]2CNc2ncc(C(F)(F)F)cn2)c(-c2cc(F)ccn2)s1. The first-order valence-electron chi connectivity index (χ1n) is 10.8. The van der Waals surface area contributed by atoms with Gasteiger partial charge in [0.1, 0.15) is 11.5 Å². The average molecular weight is 530 g/mol. The van der Waals surface area contributed by atoms with Crippen LogP contribution in [0.1, 0.15) is 34.4 Å². The number of hydrogen-bond acceptors (Lipinski definition) is 7. The zero-order valence-electron chi connectivity index (χ0n) is 19.0. The van der Waals surface area contributed by atoms with E-state index in [9.17, 15) is 31.1 Å². The molecule has 4 rings (SSSR count). The fourth-order valence-corrected chi connectivity index (χ4v) is 4.93. The van der Waals surface area contributed by atoms with Crippen LogP contribution < -0.4 is 5.32 Å². The third kappa shape index (κ3) is 5.58. The van der Waals surface area contributed by atoms with Crippen LogP contribution in [-0.4, -0.2) is 55.8 Å². The zero-order valence-corrected chi connectivity index (χ0v) is 19.8. The van der Waals surface area contributed by atoms with Crippen molar-refractivity contribution in [3.05, 3.63) is 52.8 Å². The van der Waals surface area contributed by atoms with Crippen molar-refractivity contribution in [2.45, 2.75) is 38.4 Å². The van der Waals surface area contributed by atoms with Gasteiger partial charge in [-0.05, 0) is 18.9 Å². The predicted octanol–water partition coefficient (Wildman–Crippen LogP) is 5.06. The van der Waals surface area contributed by atoms with Gasteiger partial charge in [0.15, 0.2) is 0 Å². The van der Waals surface area contributed by atoms with E-state index in [-0.39, 0.29) is 28.8 Å². The molecule has 1 amide bonds. The Morgan fingerprint density at radius 2 is 1.94 bits per heavy atom. The molecule has 0 aliphatic carbocycles. The van der Waals surface area contributed by atoms with E-state index in [1.165, 1.54) is 6.20 Å². The molecule has 0 bridgehead atoms. The minimum atomic E-state index is -4.61. The molecule has 0 unspecified atom stereocenters. The Hall–Kier alpha value is -3.29. The predicted molar refractivity (Wildman–Crippen MR) is 119 cm³/mol. The maximum atomic E-state index is 14.5. The standard InChI is InChI=1S/C22H20F6N6OS/c1-11-6-21(24,25)10-34(16(11)9-32-20-30-7-13(8-31-20)22(26,27)28)19(35)17-18(36-12(2)33-17)15-5-14(23)3-4-29-15/h3-5,7-8,11,16H,6,9-10H2,1-2H3,(H,30,31,32)/t11-,16-/m1/s1. The van der Waals surface area contributed by atoms with Crippen LogP contribution >= 0.6 is 11.3 Å². The van der Waals surface area contributed by atoms with Crippen LogP contribution in [0.15, 0.2) is 30.7 Å². The molecule has 4 heterocycles. The van der Waals surface area contributed by atoms with Crippen LogP contribution in [0, 0.1) is 18.7 Å². The molecule has 1 aliphatic rings. The highest BCUT2D eigenvalue weighted by molar-refractivity contribution is 7.15. The van der Waals surface area contributed by atoms with Crippen LogP contribution in [0.2, 0.25) is 0 Å². The molecule has 1 N–H and O–H groups in total. The summed E-state index contributed by atoms with van der Waals surface area (Å²) in [7, 11) is 0. The molecule has 192 valence electrons. The molecule has 0 saturated carbocycles. The summed E-state index contributed by atoms with van der Waals surface area (Å²) in [5.41, 5.74) is -1.02. The molecule has 0 spiro atoms. The lowest BCUT2D eigenvalue weighted by Crippen LogP contribution is -2.57. The number of anilines is 1. The van der Waals surface area contributed by atoms with Crippen molar-refractivity contribution in [3.8, 4) is 10.6 Å². The minimum Gasteiger partial charge on any atom is -0.352 e. The summed E-state index contributed by atoms with van der Waals surface area (Å²) in [5, 5.41) is 3.20. The molecule has 36 heavy (non-hydrogen) atoms. The van der Waals surface area contributed by atoms with Gasteiger partial charge in [0, 0.05) is 37.6 Å². The van der Waals surface area contributed by atoms with Gasteiger partial charge in [0.25, 0.3) is 11.8 Å². The lowest BCUT2D eigenvalue weighted by molar-refractivity contribution is -0.138. The highest BCUT2D eigenvalue weighted by Crippen LogP contribution is 2.37. The third-order valence-corrected chi connectivity index (χ3v) is 6.67. The minimum absolute atomic E-state index is 0.0922. The number of carbonyl (C=O) groups excluding carboxylic acids is 1. The Morgan fingerprint density at radius 3 is 2.58 bits per heavy atom. The largest absolute Gasteiger partial charge is 0.419 e. The number of alkyl halides is 5. The summed E-state index contributed by atoms with van der Waals surface area (Å²) in [6, 6.07) is 1.48. The van der Waals surface area contributed by atoms with E-state index in [0.717, 1.165) is 28.4 Å². The Morgan fingerprint density at radius 1 is 1.25 bits per heavy atom. The number of thiazole rings is 1. The van der Waals surface area contributed by atoms with Crippen LogP contribution in [0.5, 0.6) is 0 Å². The van der Waals surface area contributed by atoms with Crippen molar-refractivity contribution < 1.29 is 31.1 Å². The molecule has 1 saturated heterocycles. The summed E-state index contributed by atoms with van der Waals surface area (Å²) in [5.74, 6) is -5.36. The number of amides is 1. The summed E-state index contributed by atoms with van der Waals surface area (Å²) >= 11 is 1.08. The monoisotopic (exact) mass is 530 g/mol. The van der Waals surface area contributed by atoms with E-state index < -0.39 is 54.3 Å². The molecule has 14 heteroatoms. The number of halogens is 6. The molecule has 7 nitrogen and oxygen atoms in total. The highest BCUT2D eigenvalue weighted by Gasteiger charge is 2.47. The number of carbonyl (C=O) groups is 1. The van der Waals surface area contributed by atoms with Gasteiger partial charge >= 0.3 is 6.18 Å². The molecule has 0 aromatic carbocycles. The first-order valence-corrected chi connectivity index (χ1v) is 11.6. The van der Waals surface area contributed by atoms with Crippen LogP contribution in [0.3, 0.4) is 0 Å². The zero-order chi connectivity index (χ0) is 26.3. The Balaban J connectivity index is 1.61. The maximum Gasteiger partial charge on any atom is 0.419 e. The van der Waals surface area contributed by atoms with E-state index in [0.29, 0.717) is 17.4 Å². The Bertz CT molecular complexity index is 1250. The van der Waals surface area contributed by atoms with E-state index in [1.807, 2.05) is 0 Å². The van der Waals surface area contributed by atoms with Gasteiger partial charge in [-0.15, -0.1) is 11.3 Å². The molecular formula is C22H20F6N6OS. The molecule has 1 aliphatic heterocycles. The number of pyridine rings is 1. The summed E-state index contributed by atoms with van der Waals surface area (Å²) < 4.78 is 81.1. The first kappa shape index (κ1) is 25.8. The van der Waals surface area contributed by atoms with Crippen molar-refractivity contribution in [3.63, 3.8) is 0 Å². The van der Waals surface area contributed by atoms with Gasteiger partial charge in [-0.25, -0.2) is 28.1 Å². The number of piperidine rings is 1. The second kappa shape index (κ2) is 9.64. The number of rotatable bonds is 5. The lowest BCUT2D eigenvalue weighted by Gasteiger charge is -2.43. The van der Waals surface area contributed by atoms with Gasteiger partial charge in [-0.2, -0.15) is 13.2 Å². The number of aryl methyl sites for hydroxylation is 1. The van der Waals surface area contributed by atoms with E-state index in [2.05, 4.69) is 25.3 Å². The molecule has 2 atom stereocenters. The van der Waals surface area contributed by atoms with E-state index >= 15 is 0 Å². The smallest absolute Gasteiger partial charge is 0.352 e. The van der Waals surface area contributed by atoms with E-state index in [1.54, 1.807) is 13.8 Å². The normalized spacial score (nSPS) is 19.8. The number of nitrogens with zero attached hydrogens (tertiary/aromatic N) is 5. The fraction of sp³-hybridized carbons (Fsp3) is 0.409. The topological polar surface area (TPSA) is 83.9 Å². The summed E-state index contributed by atoms with van der Waals surface area (Å²) in [4.78, 5) is 30.3. The second-order valence-corrected chi connectivity index (χ2v) is 9.68. The third-order valence-electron chi connectivity index (χ3n) is 5.68. The van der Waals surface area contributed by atoms with Crippen molar-refractivity contribution in [2.24, 2.45) is 5.92 Å². The molecular weight excluding hydrogens is 510 g/mol. The molecule has 3 aromatic rings. The van der Waals surface area contributed by atoms with Crippen molar-refractivity contribution in [1.29, 1.82) is 0 Å². The van der Waals surface area contributed by atoms with Gasteiger partial charge < -0.3 is 10.2 Å². The summed E-state index contributed by atoms with van der Waals surface area (Å²) in [6.45, 7) is 2.20. The summed E-state index contributed by atoms with van der Waals surface area (Å²) in [6.07, 6.45) is -2.67. The highest BCUT2D eigenvalue weighted by atomic mass is 32.1. The molecule has 0 radical (unpaired) electrons. The molecule has 3 aromatic heterocycles. The van der Waals surface area contributed by atoms with Gasteiger partial charge in [0.05, 0.1) is 33.7 Å². The lowest BCUT2D eigenvalue weighted by atomic mass is 9.88. The van der Waals surface area contributed by atoms with Crippen molar-refractivity contribution >= 4 is 23.2 Å². The quantitative estimate of drug-likeness (QED) is 0.465. The van der Waals surface area contributed by atoms with Crippen molar-refractivity contribution in [1.82, 2.24) is 24.8 Å². The Kier molecular flexibility index (Phi) is 6.90. The second-order valence-electron chi connectivity index (χ2n) is 8.48.